The van der Waals surface area contributed by atoms with Crippen molar-refractivity contribution in [2.24, 2.45) is 0 Å². The molecule has 122 valence electrons. The third-order valence-electron chi connectivity index (χ3n) is 3.65. The molecule has 1 aromatic carbocycles. The lowest BCUT2D eigenvalue weighted by atomic mass is 10.1. The summed E-state index contributed by atoms with van der Waals surface area (Å²) in [5.74, 6) is 0.708. The molecule has 3 rings (SSSR count). The van der Waals surface area contributed by atoms with Crippen molar-refractivity contribution >= 4 is 23.3 Å². The zero-order valence-corrected chi connectivity index (χ0v) is 13.8. The molecule has 0 radical (unpaired) electrons. The Morgan fingerprint density at radius 1 is 1.48 bits per heavy atom. The molecule has 0 saturated carbocycles. The first-order valence-corrected chi connectivity index (χ1v) is 7.92. The van der Waals surface area contributed by atoms with Crippen LogP contribution in [0.2, 0.25) is 5.02 Å². The van der Waals surface area contributed by atoms with Crippen molar-refractivity contribution in [1.29, 1.82) is 0 Å². The maximum atomic E-state index is 12.2. The van der Waals surface area contributed by atoms with Crippen molar-refractivity contribution in [3.63, 3.8) is 0 Å². The molecule has 0 saturated heterocycles. The molecular formula is C16H19ClN4O2. The predicted octanol–water partition coefficient (Wildman–Crippen LogP) is 3.06. The second-order valence-corrected chi connectivity index (χ2v) is 6.22. The number of nitrogens with one attached hydrogen (secondary N) is 3. The van der Waals surface area contributed by atoms with Gasteiger partial charge in [-0.3, -0.25) is 5.10 Å². The number of anilines is 1. The quantitative estimate of drug-likeness (QED) is 0.804. The molecule has 2 heterocycles. The van der Waals surface area contributed by atoms with Crippen LogP contribution in [0.25, 0.3) is 0 Å². The van der Waals surface area contributed by atoms with Crippen molar-refractivity contribution in [3.05, 3.63) is 40.2 Å². The molecule has 0 fully saturated rings. The summed E-state index contributed by atoms with van der Waals surface area (Å²) in [5, 5.41) is 13.4. The van der Waals surface area contributed by atoms with Crippen LogP contribution >= 0.6 is 11.6 Å². The van der Waals surface area contributed by atoms with Crippen LogP contribution in [0, 0.1) is 6.92 Å². The number of rotatable bonds is 4. The molecule has 1 aromatic heterocycles. The number of fused-ring (bicyclic) bond motifs is 1. The van der Waals surface area contributed by atoms with Gasteiger partial charge in [-0.1, -0.05) is 11.6 Å². The summed E-state index contributed by atoms with van der Waals surface area (Å²) in [5.41, 5.74) is 3.55. The van der Waals surface area contributed by atoms with E-state index in [4.69, 9.17) is 16.3 Å². The molecule has 7 heteroatoms. The van der Waals surface area contributed by atoms with E-state index < -0.39 is 0 Å². The topological polar surface area (TPSA) is 79.0 Å². The number of aromatic nitrogens is 2. The van der Waals surface area contributed by atoms with E-state index in [9.17, 15) is 4.79 Å². The van der Waals surface area contributed by atoms with E-state index in [1.807, 2.05) is 26.0 Å². The fraction of sp³-hybridized carbons (Fsp3) is 0.375. The SMILES string of the molecule is Cc1cc(CC(C)NC(=O)Nc2cc(Cl)cc3c2OCC3)n[nH]1. The number of benzene rings is 1. The lowest BCUT2D eigenvalue weighted by Crippen LogP contribution is -2.37. The van der Waals surface area contributed by atoms with Crippen molar-refractivity contribution in [2.75, 3.05) is 11.9 Å². The number of hydrogen-bond donors (Lipinski definition) is 3. The standard InChI is InChI=1S/C16H19ClN4O2/c1-9(5-13-6-10(2)20-21-13)18-16(22)19-14-8-12(17)7-11-3-4-23-15(11)14/h6-9H,3-5H2,1-2H3,(H,20,21)(H2,18,19,22). The number of carbonyl (C=O) groups excluding carboxylic acids is 1. The van der Waals surface area contributed by atoms with Gasteiger partial charge in [-0.25, -0.2) is 4.79 Å². The van der Waals surface area contributed by atoms with Crippen LogP contribution in [0.4, 0.5) is 10.5 Å². The van der Waals surface area contributed by atoms with Gasteiger partial charge in [-0.2, -0.15) is 5.10 Å². The van der Waals surface area contributed by atoms with Gasteiger partial charge in [0.15, 0.2) is 0 Å². The lowest BCUT2D eigenvalue weighted by Gasteiger charge is -2.15. The number of aromatic amines is 1. The van der Waals surface area contributed by atoms with Crippen LogP contribution in [0.15, 0.2) is 18.2 Å². The molecule has 1 aliphatic heterocycles. The fourth-order valence-corrected chi connectivity index (χ4v) is 2.93. The zero-order chi connectivity index (χ0) is 16.4. The van der Waals surface area contributed by atoms with E-state index in [0.717, 1.165) is 23.4 Å². The first-order valence-electron chi connectivity index (χ1n) is 7.55. The van der Waals surface area contributed by atoms with Crippen LogP contribution in [-0.2, 0) is 12.8 Å². The number of H-pyrrole nitrogens is 1. The average molecular weight is 335 g/mol. The minimum Gasteiger partial charge on any atom is -0.491 e. The summed E-state index contributed by atoms with van der Waals surface area (Å²) in [6.45, 7) is 4.49. The first-order chi connectivity index (χ1) is 11.0. The molecule has 23 heavy (non-hydrogen) atoms. The summed E-state index contributed by atoms with van der Waals surface area (Å²) in [4.78, 5) is 12.2. The second kappa shape index (κ2) is 6.50. The Bertz CT molecular complexity index is 729. The molecule has 1 atom stereocenters. The lowest BCUT2D eigenvalue weighted by molar-refractivity contribution is 0.249. The van der Waals surface area contributed by atoms with E-state index in [2.05, 4.69) is 20.8 Å². The number of hydrogen-bond acceptors (Lipinski definition) is 3. The fourth-order valence-electron chi connectivity index (χ4n) is 2.69. The monoisotopic (exact) mass is 334 g/mol. The molecule has 0 spiro atoms. The Morgan fingerprint density at radius 2 is 2.30 bits per heavy atom. The van der Waals surface area contributed by atoms with Crippen LogP contribution in [0.1, 0.15) is 23.9 Å². The smallest absolute Gasteiger partial charge is 0.319 e. The molecule has 0 aliphatic carbocycles. The summed E-state index contributed by atoms with van der Waals surface area (Å²) >= 11 is 6.09. The first kappa shape index (κ1) is 15.7. The highest BCUT2D eigenvalue weighted by molar-refractivity contribution is 6.31. The van der Waals surface area contributed by atoms with Gasteiger partial charge in [-0.15, -0.1) is 0 Å². The van der Waals surface area contributed by atoms with E-state index in [-0.39, 0.29) is 12.1 Å². The average Bonchev–Trinajstić information content (AvgIpc) is 3.07. The van der Waals surface area contributed by atoms with Gasteiger partial charge in [0.1, 0.15) is 5.75 Å². The molecule has 3 N–H and O–H groups in total. The predicted molar refractivity (Wildman–Crippen MR) is 89.3 cm³/mol. The Kier molecular flexibility index (Phi) is 4.43. The minimum absolute atomic E-state index is 0.0501. The summed E-state index contributed by atoms with van der Waals surface area (Å²) < 4.78 is 5.57. The van der Waals surface area contributed by atoms with Gasteiger partial charge < -0.3 is 15.4 Å². The maximum absolute atomic E-state index is 12.2. The van der Waals surface area contributed by atoms with Gasteiger partial charge in [0.05, 0.1) is 18.0 Å². The summed E-state index contributed by atoms with van der Waals surface area (Å²) in [6.07, 6.45) is 1.46. The Labute approximate surface area is 139 Å². The van der Waals surface area contributed by atoms with Gasteiger partial charge in [0.2, 0.25) is 0 Å². The van der Waals surface area contributed by atoms with Crippen LogP contribution in [-0.4, -0.2) is 28.9 Å². The highest BCUT2D eigenvalue weighted by atomic mass is 35.5. The Balaban J connectivity index is 1.61. The van der Waals surface area contributed by atoms with Crippen molar-refractivity contribution in [3.8, 4) is 5.75 Å². The van der Waals surface area contributed by atoms with E-state index >= 15 is 0 Å². The number of urea groups is 1. The maximum Gasteiger partial charge on any atom is 0.319 e. The summed E-state index contributed by atoms with van der Waals surface area (Å²) in [7, 11) is 0. The molecule has 0 bridgehead atoms. The molecular weight excluding hydrogens is 316 g/mol. The number of carbonyl (C=O) groups is 1. The van der Waals surface area contributed by atoms with Crippen molar-refractivity contribution in [1.82, 2.24) is 15.5 Å². The van der Waals surface area contributed by atoms with E-state index in [1.54, 1.807) is 6.07 Å². The minimum atomic E-state index is -0.287. The normalized spacial score (nSPS) is 14.0. The van der Waals surface area contributed by atoms with Crippen LogP contribution in [0.3, 0.4) is 0 Å². The van der Waals surface area contributed by atoms with E-state index in [1.165, 1.54) is 0 Å². The van der Waals surface area contributed by atoms with E-state index in [0.29, 0.717) is 29.5 Å². The highest BCUT2D eigenvalue weighted by Gasteiger charge is 2.19. The number of halogens is 1. The Hall–Kier alpha value is -2.21. The molecule has 6 nitrogen and oxygen atoms in total. The van der Waals surface area contributed by atoms with Gasteiger partial charge in [-0.05, 0) is 32.0 Å². The van der Waals surface area contributed by atoms with Gasteiger partial charge in [0, 0.05) is 35.2 Å². The van der Waals surface area contributed by atoms with Gasteiger partial charge in [0.25, 0.3) is 0 Å². The molecule has 2 aromatic rings. The number of amides is 2. The molecule has 2 amide bonds. The second-order valence-electron chi connectivity index (χ2n) is 5.79. The number of ether oxygens (including phenoxy) is 1. The Morgan fingerprint density at radius 3 is 3.04 bits per heavy atom. The van der Waals surface area contributed by atoms with Gasteiger partial charge >= 0.3 is 6.03 Å². The molecule has 1 aliphatic rings. The largest absolute Gasteiger partial charge is 0.491 e. The van der Waals surface area contributed by atoms with Crippen LogP contribution < -0.4 is 15.4 Å². The van der Waals surface area contributed by atoms with Crippen molar-refractivity contribution in [2.45, 2.75) is 32.7 Å². The number of aryl methyl sites for hydroxylation is 1. The number of nitrogens with zero attached hydrogens (tertiary/aromatic N) is 1. The highest BCUT2D eigenvalue weighted by Crippen LogP contribution is 2.36. The van der Waals surface area contributed by atoms with Crippen molar-refractivity contribution < 1.29 is 9.53 Å². The zero-order valence-electron chi connectivity index (χ0n) is 13.1. The third kappa shape index (κ3) is 3.76. The third-order valence-corrected chi connectivity index (χ3v) is 3.87. The molecule has 1 unspecified atom stereocenters. The van der Waals surface area contributed by atoms with Crippen LogP contribution in [0.5, 0.6) is 5.75 Å². The summed E-state index contributed by atoms with van der Waals surface area (Å²) in [6, 6.07) is 5.20.